The number of aryl methyl sites for hydroxylation is 1. The molecule has 0 spiro atoms. The first kappa shape index (κ1) is 22.3. The number of carbonyl (C=O) groups excluding carboxylic acids is 1. The number of thioether (sulfide) groups is 1. The molecule has 0 bridgehead atoms. The molecule has 3 rings (SSSR count). The SMILES string of the molecule is Cc1ccc(NC(=O)CSCc2ccc(C#N)cc2)cc1S(=O)(=O)N1CCOCC1. The summed E-state index contributed by atoms with van der Waals surface area (Å²) in [5.41, 5.74) is 2.72. The van der Waals surface area contributed by atoms with E-state index < -0.39 is 10.0 Å². The maximum Gasteiger partial charge on any atom is 0.243 e. The monoisotopic (exact) mass is 445 g/mol. The quantitative estimate of drug-likeness (QED) is 0.704. The maximum absolute atomic E-state index is 13.0. The van der Waals surface area contributed by atoms with Crippen molar-refractivity contribution in [3.05, 3.63) is 59.2 Å². The minimum absolute atomic E-state index is 0.201. The lowest BCUT2D eigenvalue weighted by atomic mass is 10.2. The summed E-state index contributed by atoms with van der Waals surface area (Å²) >= 11 is 1.45. The van der Waals surface area contributed by atoms with Gasteiger partial charge in [-0.25, -0.2) is 8.42 Å². The number of ether oxygens (including phenoxy) is 1. The molecule has 2 aromatic rings. The van der Waals surface area contributed by atoms with E-state index in [9.17, 15) is 13.2 Å². The Morgan fingerprint density at radius 1 is 1.20 bits per heavy atom. The number of nitrogens with one attached hydrogen (secondary N) is 1. The van der Waals surface area contributed by atoms with Gasteiger partial charge in [-0.1, -0.05) is 18.2 Å². The van der Waals surface area contributed by atoms with Crippen molar-refractivity contribution >= 4 is 33.4 Å². The lowest BCUT2D eigenvalue weighted by Crippen LogP contribution is -2.40. The number of nitriles is 1. The van der Waals surface area contributed by atoms with Crippen LogP contribution in [0.1, 0.15) is 16.7 Å². The van der Waals surface area contributed by atoms with E-state index >= 15 is 0 Å². The molecule has 0 aromatic heterocycles. The first-order valence-corrected chi connectivity index (χ1v) is 12.0. The number of rotatable bonds is 7. The van der Waals surface area contributed by atoms with Gasteiger partial charge in [0.05, 0.1) is 35.5 Å². The molecule has 158 valence electrons. The van der Waals surface area contributed by atoms with Gasteiger partial charge in [0.1, 0.15) is 0 Å². The normalized spacial score (nSPS) is 14.8. The zero-order valence-electron chi connectivity index (χ0n) is 16.6. The van der Waals surface area contributed by atoms with Crippen LogP contribution in [0, 0.1) is 18.3 Å². The third-order valence-corrected chi connectivity index (χ3v) is 7.69. The standard InChI is InChI=1S/C21H23N3O4S2/c1-16-2-7-19(12-20(16)30(26,27)24-8-10-28-11-9-24)23-21(25)15-29-14-18-5-3-17(13-22)4-6-18/h2-7,12H,8-11,14-15H2,1H3,(H,23,25). The Morgan fingerprint density at radius 2 is 1.90 bits per heavy atom. The number of hydrogen-bond donors (Lipinski definition) is 1. The van der Waals surface area contributed by atoms with E-state index in [0.29, 0.717) is 48.9 Å². The number of amides is 1. The number of carbonyl (C=O) groups is 1. The molecule has 1 fully saturated rings. The Bertz CT molecular complexity index is 1040. The fourth-order valence-corrected chi connectivity index (χ4v) is 5.46. The van der Waals surface area contributed by atoms with Crippen LogP contribution in [0.2, 0.25) is 0 Å². The molecule has 2 aromatic carbocycles. The highest BCUT2D eigenvalue weighted by atomic mass is 32.2. The van der Waals surface area contributed by atoms with E-state index in [-0.39, 0.29) is 16.6 Å². The molecule has 0 unspecified atom stereocenters. The molecular weight excluding hydrogens is 422 g/mol. The predicted molar refractivity (Wildman–Crippen MR) is 117 cm³/mol. The van der Waals surface area contributed by atoms with Gasteiger partial charge >= 0.3 is 0 Å². The van der Waals surface area contributed by atoms with Gasteiger partial charge in [-0.3, -0.25) is 4.79 Å². The van der Waals surface area contributed by atoms with E-state index in [2.05, 4.69) is 11.4 Å². The van der Waals surface area contributed by atoms with Crippen LogP contribution < -0.4 is 5.32 Å². The molecule has 1 N–H and O–H groups in total. The summed E-state index contributed by atoms with van der Waals surface area (Å²) in [6, 6.07) is 14.2. The Hall–Kier alpha value is -2.38. The number of morpholine rings is 1. The third-order valence-electron chi connectivity index (χ3n) is 4.64. The molecule has 0 aliphatic carbocycles. The number of nitrogens with zero attached hydrogens (tertiary/aromatic N) is 2. The molecule has 0 radical (unpaired) electrons. The molecule has 0 atom stereocenters. The van der Waals surface area contributed by atoms with Gasteiger partial charge in [0.15, 0.2) is 0 Å². The van der Waals surface area contributed by atoms with Crippen LogP contribution in [0.25, 0.3) is 0 Å². The number of hydrogen-bond acceptors (Lipinski definition) is 6. The van der Waals surface area contributed by atoms with Crippen LogP contribution in [0.5, 0.6) is 0 Å². The first-order valence-electron chi connectivity index (χ1n) is 9.45. The molecule has 30 heavy (non-hydrogen) atoms. The Kier molecular flexibility index (Phi) is 7.50. The van der Waals surface area contributed by atoms with E-state index in [1.807, 2.05) is 12.1 Å². The van der Waals surface area contributed by atoms with E-state index in [1.165, 1.54) is 22.1 Å². The van der Waals surface area contributed by atoms with Crippen LogP contribution in [0.4, 0.5) is 5.69 Å². The first-order chi connectivity index (χ1) is 14.4. The smallest absolute Gasteiger partial charge is 0.243 e. The van der Waals surface area contributed by atoms with Crippen molar-refractivity contribution in [3.8, 4) is 6.07 Å². The second kappa shape index (κ2) is 10.1. The van der Waals surface area contributed by atoms with Crippen molar-refractivity contribution in [1.82, 2.24) is 4.31 Å². The van der Waals surface area contributed by atoms with Gasteiger partial charge in [0.25, 0.3) is 0 Å². The molecular formula is C21H23N3O4S2. The van der Waals surface area contributed by atoms with Gasteiger partial charge < -0.3 is 10.1 Å². The largest absolute Gasteiger partial charge is 0.379 e. The Labute approximate surface area is 181 Å². The molecule has 1 aliphatic heterocycles. The van der Waals surface area contributed by atoms with E-state index in [1.54, 1.807) is 31.2 Å². The second-order valence-corrected chi connectivity index (χ2v) is 9.74. The van der Waals surface area contributed by atoms with Crippen molar-refractivity contribution in [2.75, 3.05) is 37.4 Å². The Balaban J connectivity index is 1.60. The fraction of sp³-hybridized carbons (Fsp3) is 0.333. The average Bonchev–Trinajstić information content (AvgIpc) is 2.76. The van der Waals surface area contributed by atoms with Crippen LogP contribution in [-0.4, -0.2) is 50.7 Å². The van der Waals surface area contributed by atoms with Crippen molar-refractivity contribution in [1.29, 1.82) is 5.26 Å². The van der Waals surface area contributed by atoms with Gasteiger partial charge in [-0.05, 0) is 42.3 Å². The molecule has 0 saturated carbocycles. The summed E-state index contributed by atoms with van der Waals surface area (Å²) in [5, 5.41) is 11.6. The van der Waals surface area contributed by atoms with E-state index in [4.69, 9.17) is 10.00 Å². The highest BCUT2D eigenvalue weighted by Crippen LogP contribution is 2.24. The lowest BCUT2D eigenvalue weighted by molar-refractivity contribution is -0.113. The fourth-order valence-electron chi connectivity index (χ4n) is 3.02. The Morgan fingerprint density at radius 3 is 2.57 bits per heavy atom. The summed E-state index contributed by atoms with van der Waals surface area (Å²) < 4.78 is 32.6. The summed E-state index contributed by atoms with van der Waals surface area (Å²) in [4.78, 5) is 12.5. The number of benzene rings is 2. The van der Waals surface area contributed by atoms with Gasteiger partial charge in [0.2, 0.25) is 15.9 Å². The molecule has 1 heterocycles. The highest BCUT2D eigenvalue weighted by molar-refractivity contribution is 7.99. The topological polar surface area (TPSA) is 99.5 Å². The van der Waals surface area contributed by atoms with Crippen LogP contribution in [0.3, 0.4) is 0 Å². The van der Waals surface area contributed by atoms with Crippen LogP contribution in [-0.2, 0) is 25.3 Å². The average molecular weight is 446 g/mol. The molecule has 1 aliphatic rings. The van der Waals surface area contributed by atoms with Crippen LogP contribution in [0.15, 0.2) is 47.4 Å². The summed E-state index contributed by atoms with van der Waals surface area (Å²) in [7, 11) is -3.64. The molecule has 9 heteroatoms. The molecule has 1 saturated heterocycles. The number of anilines is 1. The summed E-state index contributed by atoms with van der Waals surface area (Å²) in [6.07, 6.45) is 0. The van der Waals surface area contributed by atoms with Crippen LogP contribution >= 0.6 is 11.8 Å². The lowest BCUT2D eigenvalue weighted by Gasteiger charge is -2.26. The van der Waals surface area contributed by atoms with Crippen molar-refractivity contribution in [3.63, 3.8) is 0 Å². The van der Waals surface area contributed by atoms with Gasteiger partial charge in [-0.15, -0.1) is 11.8 Å². The highest BCUT2D eigenvalue weighted by Gasteiger charge is 2.28. The molecule has 7 nitrogen and oxygen atoms in total. The third kappa shape index (κ3) is 5.61. The predicted octanol–water partition coefficient (Wildman–Crippen LogP) is 2.76. The zero-order valence-corrected chi connectivity index (χ0v) is 18.3. The van der Waals surface area contributed by atoms with Gasteiger partial charge in [0, 0.05) is 24.5 Å². The summed E-state index contributed by atoms with van der Waals surface area (Å²) in [6.45, 7) is 3.15. The molecule has 1 amide bonds. The number of sulfonamides is 1. The van der Waals surface area contributed by atoms with E-state index in [0.717, 1.165) is 5.56 Å². The maximum atomic E-state index is 13.0. The van der Waals surface area contributed by atoms with Crippen molar-refractivity contribution in [2.45, 2.75) is 17.6 Å². The van der Waals surface area contributed by atoms with Crippen molar-refractivity contribution in [2.24, 2.45) is 0 Å². The minimum atomic E-state index is -3.64. The van der Waals surface area contributed by atoms with Gasteiger partial charge in [-0.2, -0.15) is 9.57 Å². The van der Waals surface area contributed by atoms with Crippen molar-refractivity contribution < 1.29 is 17.9 Å². The second-order valence-electron chi connectivity index (χ2n) is 6.85. The minimum Gasteiger partial charge on any atom is -0.379 e. The zero-order chi connectivity index (χ0) is 21.6. The summed E-state index contributed by atoms with van der Waals surface area (Å²) in [5.74, 6) is 0.676.